The van der Waals surface area contributed by atoms with Gasteiger partial charge in [0.05, 0.1) is 29.7 Å². The molecule has 158 valence electrons. The number of rotatable bonds is 4. The van der Waals surface area contributed by atoms with Crippen molar-refractivity contribution in [3.05, 3.63) is 59.8 Å². The minimum Gasteiger partial charge on any atom is -0.311 e. The number of carbonyl (C=O) groups is 1. The second-order valence-corrected chi connectivity index (χ2v) is 11.3. The third kappa shape index (κ3) is 4.26. The average Bonchev–Trinajstić information content (AvgIpc) is 3.25. The van der Waals surface area contributed by atoms with E-state index in [1.165, 1.54) is 0 Å². The quantitative estimate of drug-likeness (QED) is 0.688. The lowest BCUT2D eigenvalue weighted by Crippen LogP contribution is -2.21. The van der Waals surface area contributed by atoms with E-state index in [9.17, 15) is 13.2 Å². The zero-order chi connectivity index (χ0) is 21.5. The van der Waals surface area contributed by atoms with E-state index in [0.717, 1.165) is 22.0 Å². The Labute approximate surface area is 177 Å². The predicted molar refractivity (Wildman–Crippen MR) is 120 cm³/mol. The summed E-state index contributed by atoms with van der Waals surface area (Å²) in [5, 5.41) is 9.82. The molecule has 1 aromatic heterocycles. The van der Waals surface area contributed by atoms with Gasteiger partial charge in [-0.05, 0) is 22.8 Å². The van der Waals surface area contributed by atoms with Gasteiger partial charge in [0.25, 0.3) is 0 Å². The Morgan fingerprint density at radius 2 is 1.90 bits per heavy atom. The van der Waals surface area contributed by atoms with Crippen molar-refractivity contribution in [3.63, 3.8) is 0 Å². The number of aromatic nitrogens is 2. The van der Waals surface area contributed by atoms with Gasteiger partial charge in [-0.25, -0.2) is 13.1 Å². The van der Waals surface area contributed by atoms with Crippen molar-refractivity contribution in [2.75, 3.05) is 16.8 Å². The summed E-state index contributed by atoms with van der Waals surface area (Å²) in [5.41, 5.74) is 1.57. The summed E-state index contributed by atoms with van der Waals surface area (Å²) in [5.74, 6) is 0.636. The van der Waals surface area contributed by atoms with Gasteiger partial charge in [-0.15, -0.1) is 0 Å². The number of fused-ring (bicyclic) bond motifs is 1. The molecule has 1 N–H and O–H groups in total. The van der Waals surface area contributed by atoms with Gasteiger partial charge in [-0.2, -0.15) is 5.10 Å². The zero-order valence-corrected chi connectivity index (χ0v) is 18.4. The van der Waals surface area contributed by atoms with Gasteiger partial charge in [0.2, 0.25) is 5.91 Å². The van der Waals surface area contributed by atoms with Crippen LogP contribution in [0, 0.1) is 0 Å². The maximum Gasteiger partial charge on any atom is 0.229 e. The molecule has 1 amide bonds. The van der Waals surface area contributed by atoms with E-state index in [2.05, 4.69) is 10.4 Å². The van der Waals surface area contributed by atoms with Gasteiger partial charge in [0.15, 0.2) is 9.84 Å². The standard InChI is InChI=1S/C23H27N3O3S/c1-23(2,3)20-14-21(26(25-20)18-11-12-30(28,29)15-18)24-22(27)13-17-9-6-8-16-7-4-5-10-19(16)17/h4-10,14,18H,11-13,15H2,1-3H3,(H,24,27)/t18-/m1/s1. The van der Waals surface area contributed by atoms with Gasteiger partial charge in [-0.3, -0.25) is 4.79 Å². The molecular weight excluding hydrogens is 398 g/mol. The van der Waals surface area contributed by atoms with E-state index in [-0.39, 0.29) is 35.3 Å². The van der Waals surface area contributed by atoms with Gasteiger partial charge in [0.1, 0.15) is 5.82 Å². The lowest BCUT2D eigenvalue weighted by atomic mass is 9.92. The summed E-state index contributed by atoms with van der Waals surface area (Å²) >= 11 is 0. The van der Waals surface area contributed by atoms with Crippen molar-refractivity contribution in [1.29, 1.82) is 0 Å². The third-order valence-corrected chi connectivity index (χ3v) is 7.31. The molecule has 4 rings (SSSR count). The van der Waals surface area contributed by atoms with Crippen LogP contribution < -0.4 is 5.32 Å². The van der Waals surface area contributed by atoms with Gasteiger partial charge >= 0.3 is 0 Å². The highest BCUT2D eigenvalue weighted by molar-refractivity contribution is 7.91. The second kappa shape index (κ2) is 7.54. The van der Waals surface area contributed by atoms with Crippen LogP contribution >= 0.6 is 0 Å². The van der Waals surface area contributed by atoms with E-state index in [1.807, 2.05) is 69.3 Å². The normalized spacial score (nSPS) is 18.6. The maximum atomic E-state index is 12.9. The van der Waals surface area contributed by atoms with Crippen LogP contribution in [0.25, 0.3) is 10.8 Å². The van der Waals surface area contributed by atoms with Gasteiger partial charge < -0.3 is 5.32 Å². The number of hydrogen-bond donors (Lipinski definition) is 1. The summed E-state index contributed by atoms with van der Waals surface area (Å²) < 4.78 is 25.7. The number of nitrogens with zero attached hydrogens (tertiary/aromatic N) is 2. The Kier molecular flexibility index (Phi) is 5.18. The summed E-state index contributed by atoms with van der Waals surface area (Å²) in [4.78, 5) is 12.9. The van der Waals surface area contributed by atoms with Crippen molar-refractivity contribution in [2.45, 2.75) is 45.1 Å². The van der Waals surface area contributed by atoms with Crippen LogP contribution in [0.1, 0.15) is 44.5 Å². The molecule has 0 bridgehead atoms. The molecule has 2 heterocycles. The van der Waals surface area contributed by atoms with Gasteiger partial charge in [0, 0.05) is 11.5 Å². The zero-order valence-electron chi connectivity index (χ0n) is 17.6. The van der Waals surface area contributed by atoms with E-state index in [1.54, 1.807) is 4.68 Å². The Morgan fingerprint density at radius 3 is 2.60 bits per heavy atom. The van der Waals surface area contributed by atoms with Crippen LogP contribution in [0.15, 0.2) is 48.5 Å². The van der Waals surface area contributed by atoms with Crippen LogP contribution in [-0.2, 0) is 26.5 Å². The minimum absolute atomic E-state index is 0.0600. The topological polar surface area (TPSA) is 81.1 Å². The van der Waals surface area contributed by atoms with E-state index in [4.69, 9.17) is 0 Å². The summed E-state index contributed by atoms with van der Waals surface area (Å²) in [6, 6.07) is 15.6. The Morgan fingerprint density at radius 1 is 1.17 bits per heavy atom. The molecule has 0 unspecified atom stereocenters. The molecule has 1 saturated heterocycles. The largest absolute Gasteiger partial charge is 0.311 e. The smallest absolute Gasteiger partial charge is 0.229 e. The van der Waals surface area contributed by atoms with E-state index >= 15 is 0 Å². The fourth-order valence-corrected chi connectivity index (χ4v) is 5.60. The molecule has 0 spiro atoms. The number of benzene rings is 2. The van der Waals surface area contributed by atoms with Crippen LogP contribution in [0.3, 0.4) is 0 Å². The first-order chi connectivity index (χ1) is 14.1. The average molecular weight is 426 g/mol. The lowest BCUT2D eigenvalue weighted by molar-refractivity contribution is -0.115. The molecule has 3 aromatic rings. The molecule has 0 aliphatic carbocycles. The number of hydrogen-bond acceptors (Lipinski definition) is 4. The fourth-order valence-electron chi connectivity index (χ4n) is 3.91. The number of sulfone groups is 1. The highest BCUT2D eigenvalue weighted by Gasteiger charge is 2.32. The Bertz CT molecular complexity index is 1200. The van der Waals surface area contributed by atoms with Crippen LogP contribution in [0.5, 0.6) is 0 Å². The number of nitrogens with one attached hydrogen (secondary N) is 1. The monoisotopic (exact) mass is 425 g/mol. The third-order valence-electron chi connectivity index (χ3n) is 5.56. The van der Waals surface area contributed by atoms with E-state index in [0.29, 0.717) is 12.2 Å². The van der Waals surface area contributed by atoms with Crippen LogP contribution in [-0.4, -0.2) is 35.6 Å². The van der Waals surface area contributed by atoms with E-state index < -0.39 is 9.84 Å². The SMILES string of the molecule is CC(C)(C)c1cc(NC(=O)Cc2cccc3ccccc23)n([C@@H]2CCS(=O)(=O)C2)n1. The lowest BCUT2D eigenvalue weighted by Gasteiger charge is -2.15. The number of anilines is 1. The molecule has 1 aliphatic heterocycles. The summed E-state index contributed by atoms with van der Waals surface area (Å²) in [7, 11) is -3.06. The first-order valence-corrected chi connectivity index (χ1v) is 12.0. The van der Waals surface area contributed by atoms with Gasteiger partial charge in [-0.1, -0.05) is 63.2 Å². The molecule has 2 aromatic carbocycles. The fraction of sp³-hybridized carbons (Fsp3) is 0.391. The second-order valence-electron chi connectivity index (χ2n) is 9.03. The van der Waals surface area contributed by atoms with Crippen molar-refractivity contribution < 1.29 is 13.2 Å². The molecule has 0 radical (unpaired) electrons. The van der Waals surface area contributed by atoms with Crippen LogP contribution in [0.2, 0.25) is 0 Å². The maximum absolute atomic E-state index is 12.9. The predicted octanol–water partition coefficient (Wildman–Crippen LogP) is 3.87. The Hall–Kier alpha value is -2.67. The van der Waals surface area contributed by atoms with Crippen molar-refractivity contribution in [3.8, 4) is 0 Å². The molecule has 1 aliphatic rings. The van der Waals surface area contributed by atoms with Crippen molar-refractivity contribution in [1.82, 2.24) is 9.78 Å². The molecule has 1 fully saturated rings. The number of carbonyl (C=O) groups excluding carboxylic acids is 1. The molecular formula is C23H27N3O3S. The number of amides is 1. The first kappa shape index (κ1) is 20.6. The minimum atomic E-state index is -3.06. The van der Waals surface area contributed by atoms with Crippen molar-refractivity contribution in [2.24, 2.45) is 0 Å². The van der Waals surface area contributed by atoms with Crippen LogP contribution in [0.4, 0.5) is 5.82 Å². The molecule has 1 atom stereocenters. The molecule has 6 nitrogen and oxygen atoms in total. The highest BCUT2D eigenvalue weighted by atomic mass is 32.2. The first-order valence-electron chi connectivity index (χ1n) is 10.2. The summed E-state index contributed by atoms with van der Waals surface area (Å²) in [6.07, 6.45) is 0.750. The Balaban J connectivity index is 1.61. The molecule has 30 heavy (non-hydrogen) atoms. The summed E-state index contributed by atoms with van der Waals surface area (Å²) in [6.45, 7) is 6.15. The van der Waals surface area contributed by atoms with Crippen molar-refractivity contribution >= 4 is 32.3 Å². The molecule has 0 saturated carbocycles. The highest BCUT2D eigenvalue weighted by Crippen LogP contribution is 2.31. The molecule has 7 heteroatoms.